The molecular weight excluding hydrogens is 312 g/mol. The number of ether oxygens (including phenoxy) is 1. The van der Waals surface area contributed by atoms with Crippen molar-refractivity contribution in [3.05, 3.63) is 39.8 Å². The van der Waals surface area contributed by atoms with Gasteiger partial charge >= 0.3 is 6.08 Å². The number of anilines is 1. The van der Waals surface area contributed by atoms with Gasteiger partial charge in [-0.1, -0.05) is 28.9 Å². The summed E-state index contributed by atoms with van der Waals surface area (Å²) in [6.45, 7) is 0.656. The number of nitrogens with one attached hydrogen (secondary N) is 1. The molecule has 0 unspecified atom stereocenters. The molecule has 0 aliphatic heterocycles. The molecule has 0 saturated carbocycles. The van der Waals surface area contributed by atoms with E-state index < -0.39 is 0 Å². The van der Waals surface area contributed by atoms with Crippen LogP contribution in [0.25, 0.3) is 11.4 Å². The number of nitrogens with zero attached hydrogens (tertiary/aromatic N) is 3. The molecular formula is C13H11ClN4O2S. The van der Waals surface area contributed by atoms with Crippen LogP contribution in [0.4, 0.5) is 5.69 Å². The predicted molar refractivity (Wildman–Crippen MR) is 80.7 cm³/mol. The van der Waals surface area contributed by atoms with Gasteiger partial charge in [0.2, 0.25) is 5.82 Å². The number of methoxy groups -OCH3 is 1. The van der Waals surface area contributed by atoms with Crippen molar-refractivity contribution in [2.75, 3.05) is 12.4 Å². The van der Waals surface area contributed by atoms with Crippen molar-refractivity contribution in [2.45, 2.75) is 6.54 Å². The van der Waals surface area contributed by atoms with Gasteiger partial charge in [0.05, 0.1) is 13.7 Å². The largest absolute Gasteiger partial charge is 0.452 e. The lowest BCUT2D eigenvalue weighted by molar-refractivity contribution is 0.250. The highest BCUT2D eigenvalue weighted by atomic mass is 35.5. The average molecular weight is 323 g/mol. The van der Waals surface area contributed by atoms with E-state index in [0.717, 1.165) is 16.1 Å². The Kier molecular flexibility index (Phi) is 4.03. The van der Waals surface area contributed by atoms with Crippen LogP contribution in [0.1, 0.15) is 4.88 Å². The molecule has 21 heavy (non-hydrogen) atoms. The fourth-order valence-electron chi connectivity index (χ4n) is 1.73. The number of hydrogen-bond acceptors (Lipinski definition) is 7. The molecule has 1 aromatic carbocycles. The first-order chi connectivity index (χ1) is 10.2. The van der Waals surface area contributed by atoms with Crippen molar-refractivity contribution in [2.24, 2.45) is 0 Å². The van der Waals surface area contributed by atoms with Crippen LogP contribution in [0, 0.1) is 0 Å². The minimum atomic E-state index is 0.141. The Hall–Kier alpha value is -2.12. The third-order valence-electron chi connectivity index (χ3n) is 2.69. The smallest absolute Gasteiger partial charge is 0.417 e. The van der Waals surface area contributed by atoms with E-state index in [-0.39, 0.29) is 6.08 Å². The molecule has 6 nitrogen and oxygen atoms in total. The fraction of sp³-hybridized carbons (Fsp3) is 0.154. The van der Waals surface area contributed by atoms with Gasteiger partial charge in [-0.25, -0.2) is 4.98 Å². The minimum Gasteiger partial charge on any atom is -0.452 e. The Labute approximate surface area is 129 Å². The number of aromatic nitrogens is 3. The Morgan fingerprint density at radius 2 is 2.33 bits per heavy atom. The van der Waals surface area contributed by atoms with E-state index in [4.69, 9.17) is 20.9 Å². The van der Waals surface area contributed by atoms with Gasteiger partial charge in [0.15, 0.2) is 4.47 Å². The molecule has 8 heteroatoms. The van der Waals surface area contributed by atoms with Gasteiger partial charge in [-0.15, -0.1) is 11.3 Å². The van der Waals surface area contributed by atoms with E-state index >= 15 is 0 Å². The summed E-state index contributed by atoms with van der Waals surface area (Å²) in [6.07, 6.45) is 1.90. The first kappa shape index (κ1) is 13.8. The third kappa shape index (κ3) is 3.32. The predicted octanol–water partition coefficient (Wildman–Crippen LogP) is 3.47. The highest BCUT2D eigenvalue weighted by molar-refractivity contribution is 7.15. The Balaban J connectivity index is 1.73. The molecule has 0 radical (unpaired) electrons. The molecule has 3 aromatic rings. The maximum atomic E-state index is 5.80. The maximum Gasteiger partial charge on any atom is 0.417 e. The third-order valence-corrected chi connectivity index (χ3v) is 3.81. The van der Waals surface area contributed by atoms with Crippen LogP contribution in [-0.4, -0.2) is 22.2 Å². The molecule has 0 atom stereocenters. The lowest BCUT2D eigenvalue weighted by Gasteiger charge is -2.05. The van der Waals surface area contributed by atoms with Gasteiger partial charge in [-0.3, -0.25) is 4.52 Å². The van der Waals surface area contributed by atoms with Crippen molar-refractivity contribution >= 4 is 28.6 Å². The van der Waals surface area contributed by atoms with E-state index in [1.165, 1.54) is 18.4 Å². The van der Waals surface area contributed by atoms with E-state index in [2.05, 4.69) is 20.4 Å². The number of rotatable bonds is 5. The summed E-state index contributed by atoms with van der Waals surface area (Å²) in [5.41, 5.74) is 1.79. The molecule has 108 valence electrons. The monoisotopic (exact) mass is 322 g/mol. The van der Waals surface area contributed by atoms with Crippen molar-refractivity contribution in [3.8, 4) is 17.5 Å². The quantitative estimate of drug-likeness (QED) is 0.775. The topological polar surface area (TPSA) is 73.1 Å². The first-order valence-corrected chi connectivity index (χ1v) is 7.26. The van der Waals surface area contributed by atoms with Gasteiger partial charge in [0.1, 0.15) is 0 Å². The fourth-order valence-corrected chi connectivity index (χ4v) is 2.65. The zero-order valence-electron chi connectivity index (χ0n) is 11.0. The number of hydrogen-bond donors (Lipinski definition) is 1. The van der Waals surface area contributed by atoms with E-state index in [0.29, 0.717) is 16.8 Å². The molecule has 2 aromatic heterocycles. The second-order valence-corrected chi connectivity index (χ2v) is 5.80. The second-order valence-electron chi connectivity index (χ2n) is 4.10. The molecule has 0 saturated heterocycles. The molecule has 0 fully saturated rings. The molecule has 0 spiro atoms. The lowest BCUT2D eigenvalue weighted by Crippen LogP contribution is -1.97. The average Bonchev–Trinajstić information content (AvgIpc) is 3.14. The molecule has 0 aliphatic rings. The Morgan fingerprint density at radius 1 is 1.43 bits per heavy atom. The maximum absolute atomic E-state index is 5.80. The Morgan fingerprint density at radius 3 is 3.05 bits per heavy atom. The summed E-state index contributed by atoms with van der Waals surface area (Å²) in [5, 5.41) is 7.16. The van der Waals surface area contributed by atoms with Gasteiger partial charge in [0, 0.05) is 22.3 Å². The van der Waals surface area contributed by atoms with Crippen LogP contribution in [0.2, 0.25) is 4.47 Å². The summed E-state index contributed by atoms with van der Waals surface area (Å²) >= 11 is 7.25. The molecule has 2 heterocycles. The molecule has 0 amide bonds. The minimum absolute atomic E-state index is 0.141. The van der Waals surface area contributed by atoms with Gasteiger partial charge in [-0.05, 0) is 12.1 Å². The molecule has 0 aliphatic carbocycles. The molecule has 1 N–H and O–H groups in total. The molecule has 3 rings (SSSR count). The van der Waals surface area contributed by atoms with Crippen LogP contribution in [0.15, 0.2) is 35.0 Å². The van der Waals surface area contributed by atoms with E-state index in [1.807, 2.05) is 24.3 Å². The van der Waals surface area contributed by atoms with Crippen molar-refractivity contribution in [1.82, 2.24) is 15.1 Å². The first-order valence-electron chi connectivity index (χ1n) is 6.07. The second kappa shape index (κ2) is 6.11. The highest BCUT2D eigenvalue weighted by Crippen LogP contribution is 2.23. The zero-order chi connectivity index (χ0) is 14.7. The van der Waals surface area contributed by atoms with Crippen molar-refractivity contribution < 1.29 is 9.26 Å². The van der Waals surface area contributed by atoms with Gasteiger partial charge < -0.3 is 10.1 Å². The summed E-state index contributed by atoms with van der Waals surface area (Å²) in [7, 11) is 1.48. The zero-order valence-corrected chi connectivity index (χ0v) is 12.6. The van der Waals surface area contributed by atoms with E-state index in [1.54, 1.807) is 6.20 Å². The molecule has 0 bridgehead atoms. The lowest BCUT2D eigenvalue weighted by atomic mass is 10.2. The summed E-state index contributed by atoms with van der Waals surface area (Å²) < 4.78 is 10.3. The number of halogens is 1. The summed E-state index contributed by atoms with van der Waals surface area (Å²) in [6, 6.07) is 7.72. The number of thiazole rings is 1. The Bertz CT molecular complexity index is 743. The van der Waals surface area contributed by atoms with Crippen molar-refractivity contribution in [1.29, 1.82) is 0 Å². The summed E-state index contributed by atoms with van der Waals surface area (Å²) in [4.78, 5) is 9.17. The number of benzene rings is 1. The normalized spacial score (nSPS) is 10.6. The van der Waals surface area contributed by atoms with Gasteiger partial charge in [0.25, 0.3) is 0 Å². The van der Waals surface area contributed by atoms with Gasteiger partial charge in [-0.2, -0.15) is 4.98 Å². The van der Waals surface area contributed by atoms with Crippen molar-refractivity contribution in [3.63, 3.8) is 0 Å². The van der Waals surface area contributed by atoms with E-state index in [9.17, 15) is 0 Å². The van der Waals surface area contributed by atoms with Crippen LogP contribution in [0.3, 0.4) is 0 Å². The SMILES string of the molecule is COc1nc(-c2cccc(NCc3cnc(Cl)s3)c2)no1. The standard InChI is InChI=1S/C13H11ClN4O2S/c1-19-13-17-11(18-20-13)8-3-2-4-9(5-8)15-6-10-7-16-12(14)21-10/h2-5,7,15H,6H2,1H3. The van der Waals surface area contributed by atoms with Crippen LogP contribution < -0.4 is 10.1 Å². The highest BCUT2D eigenvalue weighted by Gasteiger charge is 2.09. The summed E-state index contributed by atoms with van der Waals surface area (Å²) in [5.74, 6) is 0.483. The van der Waals surface area contributed by atoms with Crippen LogP contribution >= 0.6 is 22.9 Å². The van der Waals surface area contributed by atoms with Crippen LogP contribution in [0.5, 0.6) is 6.08 Å². The van der Waals surface area contributed by atoms with Crippen LogP contribution in [-0.2, 0) is 6.54 Å².